The first kappa shape index (κ1) is 24.5. The number of aromatic nitrogens is 1. The van der Waals surface area contributed by atoms with Crippen LogP contribution in [0.15, 0.2) is 71.2 Å². The first-order chi connectivity index (χ1) is 16.7. The van der Waals surface area contributed by atoms with Crippen LogP contribution in [0.3, 0.4) is 0 Å². The van der Waals surface area contributed by atoms with Crippen LogP contribution in [0.25, 0.3) is 10.9 Å². The second-order valence-corrected chi connectivity index (χ2v) is 9.37. The molecule has 0 atom stereocenters. The van der Waals surface area contributed by atoms with Gasteiger partial charge in [0.2, 0.25) is 0 Å². The molecule has 7 nitrogen and oxygen atoms in total. The third-order valence-electron chi connectivity index (χ3n) is 5.51. The zero-order valence-corrected chi connectivity index (χ0v) is 21.3. The first-order valence-corrected chi connectivity index (χ1v) is 11.9. The van der Waals surface area contributed by atoms with E-state index in [2.05, 4.69) is 32.0 Å². The van der Waals surface area contributed by atoms with Gasteiger partial charge in [0.1, 0.15) is 5.69 Å². The van der Waals surface area contributed by atoms with Crippen LogP contribution in [0.4, 0.5) is 5.69 Å². The molecule has 0 aliphatic carbocycles. The Balaban J connectivity index is 1.58. The van der Waals surface area contributed by atoms with E-state index >= 15 is 0 Å². The molecule has 35 heavy (non-hydrogen) atoms. The molecule has 0 saturated heterocycles. The van der Waals surface area contributed by atoms with Crippen molar-refractivity contribution in [2.24, 2.45) is 0 Å². The number of rotatable bonds is 5. The molecule has 3 aromatic carbocycles. The van der Waals surface area contributed by atoms with Gasteiger partial charge in [0.25, 0.3) is 5.91 Å². The van der Waals surface area contributed by atoms with Gasteiger partial charge in [-0.25, -0.2) is 4.68 Å². The predicted octanol–water partition coefficient (Wildman–Crippen LogP) is 5.31. The van der Waals surface area contributed by atoms with E-state index in [-0.39, 0.29) is 12.2 Å². The molecule has 0 aliphatic heterocycles. The quantitative estimate of drug-likeness (QED) is 0.292. The van der Waals surface area contributed by atoms with Gasteiger partial charge in [-0.3, -0.25) is 19.8 Å². The third kappa shape index (κ3) is 5.55. The highest BCUT2D eigenvalue weighted by atomic mass is 79.9. The van der Waals surface area contributed by atoms with Crippen molar-refractivity contribution in [3.8, 4) is 0 Å². The SMILES string of the molecule is Cc1ccc(CNC(=O)C(=O)Nn2c(C(=O)Nc3cccc(Cl)c3C)cc3cc(Br)ccc32)cc1. The molecule has 4 rings (SSSR count). The average molecular weight is 554 g/mol. The lowest BCUT2D eigenvalue weighted by molar-refractivity contribution is -0.136. The van der Waals surface area contributed by atoms with E-state index in [9.17, 15) is 14.4 Å². The summed E-state index contributed by atoms with van der Waals surface area (Å²) in [6, 6.07) is 19.8. The van der Waals surface area contributed by atoms with Gasteiger partial charge in [-0.1, -0.05) is 63.4 Å². The molecule has 1 heterocycles. The summed E-state index contributed by atoms with van der Waals surface area (Å²) in [6.45, 7) is 3.97. The summed E-state index contributed by atoms with van der Waals surface area (Å²) in [7, 11) is 0. The molecule has 3 N–H and O–H groups in total. The summed E-state index contributed by atoms with van der Waals surface area (Å²) in [5.74, 6) is -2.19. The molecule has 0 spiro atoms. The Morgan fingerprint density at radius 1 is 0.943 bits per heavy atom. The van der Waals surface area contributed by atoms with Crippen molar-refractivity contribution in [2.45, 2.75) is 20.4 Å². The molecular weight excluding hydrogens is 532 g/mol. The fourth-order valence-electron chi connectivity index (χ4n) is 3.52. The third-order valence-corrected chi connectivity index (χ3v) is 6.41. The number of hydrogen-bond donors (Lipinski definition) is 3. The van der Waals surface area contributed by atoms with Crippen molar-refractivity contribution >= 4 is 61.8 Å². The summed E-state index contributed by atoms with van der Waals surface area (Å²) in [5.41, 5.74) is 6.49. The number of benzene rings is 3. The zero-order chi connectivity index (χ0) is 25.1. The summed E-state index contributed by atoms with van der Waals surface area (Å²) in [4.78, 5) is 38.4. The lowest BCUT2D eigenvalue weighted by Gasteiger charge is -2.14. The molecule has 9 heteroatoms. The number of anilines is 1. The zero-order valence-electron chi connectivity index (χ0n) is 19.0. The van der Waals surface area contributed by atoms with Crippen LogP contribution in [0.2, 0.25) is 5.02 Å². The Morgan fingerprint density at radius 3 is 2.43 bits per heavy atom. The highest BCUT2D eigenvalue weighted by molar-refractivity contribution is 9.10. The number of carbonyl (C=O) groups excluding carboxylic acids is 3. The maximum atomic E-state index is 13.2. The standard InChI is InChI=1S/C26H22BrClN4O3/c1-15-6-8-17(9-7-15)14-29-25(34)26(35)31-32-22-11-10-19(27)12-18(22)13-23(32)24(33)30-21-5-3-4-20(28)16(21)2/h3-13H,14H2,1-2H3,(H,29,34)(H,30,33)(H,31,35). The van der Waals surface area contributed by atoms with E-state index < -0.39 is 17.7 Å². The largest absolute Gasteiger partial charge is 0.344 e. The van der Waals surface area contributed by atoms with Gasteiger partial charge in [0.05, 0.1) is 5.52 Å². The Kier molecular flexibility index (Phi) is 7.23. The van der Waals surface area contributed by atoms with Gasteiger partial charge < -0.3 is 10.6 Å². The van der Waals surface area contributed by atoms with Crippen molar-refractivity contribution < 1.29 is 14.4 Å². The van der Waals surface area contributed by atoms with Crippen LogP contribution in [0.1, 0.15) is 27.2 Å². The molecule has 1 aromatic heterocycles. The van der Waals surface area contributed by atoms with Crippen LogP contribution in [0, 0.1) is 13.8 Å². The van der Waals surface area contributed by atoms with Crippen molar-refractivity contribution in [3.63, 3.8) is 0 Å². The van der Waals surface area contributed by atoms with Gasteiger partial charge in [0.15, 0.2) is 0 Å². The van der Waals surface area contributed by atoms with E-state index in [4.69, 9.17) is 11.6 Å². The lowest BCUT2D eigenvalue weighted by atomic mass is 10.1. The van der Waals surface area contributed by atoms with Gasteiger partial charge in [-0.15, -0.1) is 0 Å². The monoisotopic (exact) mass is 552 g/mol. The second kappa shape index (κ2) is 10.3. The lowest BCUT2D eigenvalue weighted by Crippen LogP contribution is -2.39. The number of amides is 3. The van der Waals surface area contributed by atoms with Crippen LogP contribution in [0.5, 0.6) is 0 Å². The van der Waals surface area contributed by atoms with E-state index in [1.165, 1.54) is 4.68 Å². The average Bonchev–Trinajstić information content (AvgIpc) is 3.18. The maximum Gasteiger partial charge on any atom is 0.328 e. The fourth-order valence-corrected chi connectivity index (χ4v) is 4.08. The number of nitrogens with one attached hydrogen (secondary N) is 3. The van der Waals surface area contributed by atoms with Crippen molar-refractivity contribution in [1.82, 2.24) is 9.99 Å². The van der Waals surface area contributed by atoms with Crippen LogP contribution < -0.4 is 16.1 Å². The van der Waals surface area contributed by atoms with Crippen LogP contribution in [-0.4, -0.2) is 22.4 Å². The van der Waals surface area contributed by atoms with Crippen LogP contribution >= 0.6 is 27.5 Å². The molecule has 0 radical (unpaired) electrons. The Bertz CT molecular complexity index is 1450. The highest BCUT2D eigenvalue weighted by Crippen LogP contribution is 2.26. The van der Waals surface area contributed by atoms with E-state index in [1.807, 2.05) is 37.3 Å². The maximum absolute atomic E-state index is 13.2. The van der Waals surface area contributed by atoms with Gasteiger partial charge >= 0.3 is 11.8 Å². The molecule has 4 aromatic rings. The molecule has 0 saturated carbocycles. The minimum atomic E-state index is -0.898. The summed E-state index contributed by atoms with van der Waals surface area (Å²) in [6.07, 6.45) is 0. The summed E-state index contributed by atoms with van der Waals surface area (Å²) < 4.78 is 2.12. The van der Waals surface area contributed by atoms with E-state index in [0.717, 1.165) is 15.6 Å². The minimum absolute atomic E-state index is 0.150. The Morgan fingerprint density at radius 2 is 1.69 bits per heavy atom. The Labute approximate surface area is 215 Å². The number of halogens is 2. The molecule has 0 unspecified atom stereocenters. The Hall–Kier alpha value is -3.62. The fraction of sp³-hybridized carbons (Fsp3) is 0.115. The minimum Gasteiger partial charge on any atom is -0.344 e. The predicted molar refractivity (Wildman–Crippen MR) is 141 cm³/mol. The van der Waals surface area contributed by atoms with Crippen molar-refractivity contribution in [2.75, 3.05) is 10.7 Å². The van der Waals surface area contributed by atoms with Crippen molar-refractivity contribution in [3.05, 3.63) is 98.6 Å². The number of aryl methyl sites for hydroxylation is 1. The molecule has 0 bridgehead atoms. The molecule has 178 valence electrons. The van der Waals surface area contributed by atoms with Gasteiger partial charge in [-0.2, -0.15) is 0 Å². The summed E-state index contributed by atoms with van der Waals surface area (Å²) in [5, 5.41) is 6.65. The van der Waals surface area contributed by atoms with Crippen LogP contribution in [-0.2, 0) is 16.1 Å². The summed E-state index contributed by atoms with van der Waals surface area (Å²) >= 11 is 9.60. The van der Waals surface area contributed by atoms with Crippen molar-refractivity contribution in [1.29, 1.82) is 0 Å². The van der Waals surface area contributed by atoms with Gasteiger partial charge in [0, 0.05) is 27.1 Å². The van der Waals surface area contributed by atoms with E-state index in [0.29, 0.717) is 27.2 Å². The van der Waals surface area contributed by atoms with E-state index in [1.54, 1.807) is 43.3 Å². The number of fused-ring (bicyclic) bond motifs is 1. The normalized spacial score (nSPS) is 10.7. The first-order valence-electron chi connectivity index (χ1n) is 10.7. The topological polar surface area (TPSA) is 92.2 Å². The molecule has 0 aliphatic rings. The highest BCUT2D eigenvalue weighted by Gasteiger charge is 2.21. The number of hydrogen-bond acceptors (Lipinski definition) is 3. The second-order valence-electron chi connectivity index (χ2n) is 8.04. The number of carbonyl (C=O) groups is 3. The smallest absolute Gasteiger partial charge is 0.328 e. The molecule has 3 amide bonds. The molecule has 0 fully saturated rings. The molecular formula is C26H22BrClN4O3. The van der Waals surface area contributed by atoms with Gasteiger partial charge in [-0.05, 0) is 61.4 Å². The number of nitrogens with zero attached hydrogens (tertiary/aromatic N) is 1.